The second-order valence-electron chi connectivity index (χ2n) is 3.77. The minimum atomic E-state index is -1.37. The van der Waals surface area contributed by atoms with E-state index >= 15 is 0 Å². The van der Waals surface area contributed by atoms with Crippen LogP contribution in [0.15, 0.2) is 0 Å². The van der Waals surface area contributed by atoms with Crippen molar-refractivity contribution >= 4 is 15.3 Å². The van der Waals surface area contributed by atoms with Crippen LogP contribution in [-0.4, -0.2) is 21.9 Å². The molecule has 0 saturated heterocycles. The van der Waals surface area contributed by atoms with Gasteiger partial charge in [0.15, 0.2) is 0 Å². The van der Waals surface area contributed by atoms with Crippen molar-refractivity contribution in [2.24, 2.45) is 5.92 Å². The molecule has 0 rings (SSSR count). The maximum absolute atomic E-state index is 10.8. The monoisotopic (exact) mass is 217 g/mol. The van der Waals surface area contributed by atoms with Gasteiger partial charge in [0.25, 0.3) is 5.97 Å². The van der Waals surface area contributed by atoms with Gasteiger partial charge < -0.3 is 8.85 Å². The van der Waals surface area contributed by atoms with Crippen LogP contribution in [0.2, 0.25) is 6.04 Å². The lowest BCUT2D eigenvalue weighted by molar-refractivity contribution is -0.133. The van der Waals surface area contributed by atoms with Gasteiger partial charge in [-0.1, -0.05) is 27.2 Å². The Morgan fingerprint density at radius 2 is 2.07 bits per heavy atom. The Morgan fingerprint density at radius 1 is 1.43 bits per heavy atom. The molecule has 0 aliphatic carbocycles. The standard InChI is InChI=1S/C10H21O3Si/c1-5-6-7-12-14(8-9(2)3)13-10(4)11/h9H,5-8H2,1-4H3. The zero-order valence-electron chi connectivity index (χ0n) is 9.63. The Labute approximate surface area is 88.6 Å². The Morgan fingerprint density at radius 3 is 2.50 bits per heavy atom. The number of hydrogen-bond donors (Lipinski definition) is 0. The van der Waals surface area contributed by atoms with Gasteiger partial charge in [0.1, 0.15) is 0 Å². The molecule has 0 aromatic carbocycles. The Bertz CT molecular complexity index is 159. The summed E-state index contributed by atoms with van der Waals surface area (Å²) in [4.78, 5) is 10.8. The predicted molar refractivity (Wildman–Crippen MR) is 58.0 cm³/mol. The molecule has 14 heavy (non-hydrogen) atoms. The first-order valence-corrected chi connectivity index (χ1v) is 6.75. The van der Waals surface area contributed by atoms with Crippen molar-refractivity contribution in [3.05, 3.63) is 0 Å². The van der Waals surface area contributed by atoms with E-state index in [-0.39, 0.29) is 5.97 Å². The number of unbranched alkanes of at least 4 members (excludes halogenated alkanes) is 1. The molecule has 0 fully saturated rings. The summed E-state index contributed by atoms with van der Waals surface area (Å²) >= 11 is 0. The van der Waals surface area contributed by atoms with Gasteiger partial charge in [-0.15, -0.1) is 0 Å². The molecule has 0 aliphatic heterocycles. The van der Waals surface area contributed by atoms with Crippen molar-refractivity contribution in [3.8, 4) is 0 Å². The zero-order chi connectivity index (χ0) is 11.0. The molecule has 0 aromatic rings. The largest absolute Gasteiger partial charge is 0.492 e. The fraction of sp³-hybridized carbons (Fsp3) is 0.900. The predicted octanol–water partition coefficient (Wildman–Crippen LogP) is 2.51. The number of hydrogen-bond acceptors (Lipinski definition) is 3. The second kappa shape index (κ2) is 8.00. The molecule has 83 valence electrons. The van der Waals surface area contributed by atoms with Crippen LogP contribution in [0.1, 0.15) is 40.5 Å². The number of carbonyl (C=O) groups is 1. The number of rotatable bonds is 7. The van der Waals surface area contributed by atoms with Crippen molar-refractivity contribution < 1.29 is 13.6 Å². The van der Waals surface area contributed by atoms with E-state index in [1.807, 2.05) is 0 Å². The third-order valence-electron chi connectivity index (χ3n) is 1.59. The van der Waals surface area contributed by atoms with Gasteiger partial charge in [-0.3, -0.25) is 4.79 Å². The smallest absolute Gasteiger partial charge is 0.460 e. The van der Waals surface area contributed by atoms with Crippen LogP contribution in [0.5, 0.6) is 0 Å². The molecule has 0 saturated carbocycles. The quantitative estimate of drug-likeness (QED) is 0.485. The summed E-state index contributed by atoms with van der Waals surface area (Å²) in [7, 11) is -1.37. The van der Waals surface area contributed by atoms with Gasteiger partial charge in [0, 0.05) is 19.6 Å². The summed E-state index contributed by atoms with van der Waals surface area (Å²) in [5.41, 5.74) is 0. The van der Waals surface area contributed by atoms with Crippen molar-refractivity contribution in [2.45, 2.75) is 46.6 Å². The second-order valence-corrected chi connectivity index (χ2v) is 5.41. The number of carbonyl (C=O) groups excluding carboxylic acids is 1. The van der Waals surface area contributed by atoms with Gasteiger partial charge >= 0.3 is 9.28 Å². The van der Waals surface area contributed by atoms with E-state index in [0.29, 0.717) is 12.5 Å². The van der Waals surface area contributed by atoms with Crippen LogP contribution in [-0.2, 0) is 13.6 Å². The van der Waals surface area contributed by atoms with E-state index in [2.05, 4.69) is 20.8 Å². The molecule has 0 N–H and O–H groups in total. The SMILES string of the molecule is CCCCO[Si](CC(C)C)OC(C)=O. The summed E-state index contributed by atoms with van der Waals surface area (Å²) < 4.78 is 10.7. The molecule has 3 nitrogen and oxygen atoms in total. The molecule has 0 amide bonds. The summed E-state index contributed by atoms with van der Waals surface area (Å²) in [6.07, 6.45) is 2.14. The maximum atomic E-state index is 10.8. The van der Waals surface area contributed by atoms with E-state index in [0.717, 1.165) is 18.9 Å². The molecule has 0 aliphatic rings. The van der Waals surface area contributed by atoms with Crippen LogP contribution >= 0.6 is 0 Å². The van der Waals surface area contributed by atoms with Crippen molar-refractivity contribution in [1.29, 1.82) is 0 Å². The maximum Gasteiger partial charge on any atom is 0.460 e. The Balaban J connectivity index is 3.78. The van der Waals surface area contributed by atoms with E-state index < -0.39 is 9.28 Å². The topological polar surface area (TPSA) is 35.5 Å². The lowest BCUT2D eigenvalue weighted by Crippen LogP contribution is -2.27. The van der Waals surface area contributed by atoms with Crippen LogP contribution in [0, 0.1) is 5.92 Å². The molecule has 0 unspecified atom stereocenters. The normalized spacial score (nSPS) is 11.0. The minimum Gasteiger partial charge on any atom is -0.492 e. The van der Waals surface area contributed by atoms with Gasteiger partial charge in [0.2, 0.25) is 0 Å². The van der Waals surface area contributed by atoms with E-state index in [4.69, 9.17) is 8.85 Å². The lowest BCUT2D eigenvalue weighted by Gasteiger charge is -2.15. The highest BCUT2D eigenvalue weighted by atomic mass is 28.3. The molecule has 0 atom stereocenters. The Kier molecular flexibility index (Phi) is 7.80. The average Bonchev–Trinajstić information content (AvgIpc) is 2.02. The third kappa shape index (κ3) is 8.25. The first-order valence-electron chi connectivity index (χ1n) is 5.23. The van der Waals surface area contributed by atoms with Crippen LogP contribution in [0.4, 0.5) is 0 Å². The zero-order valence-corrected chi connectivity index (χ0v) is 10.6. The summed E-state index contributed by atoms with van der Waals surface area (Å²) in [6, 6.07) is 0.869. The van der Waals surface area contributed by atoms with Crippen molar-refractivity contribution in [3.63, 3.8) is 0 Å². The highest BCUT2D eigenvalue weighted by Gasteiger charge is 2.20. The molecule has 0 aromatic heterocycles. The molecule has 1 radical (unpaired) electrons. The van der Waals surface area contributed by atoms with Gasteiger partial charge in [-0.05, 0) is 12.3 Å². The lowest BCUT2D eigenvalue weighted by atomic mass is 10.3. The van der Waals surface area contributed by atoms with E-state index in [9.17, 15) is 4.79 Å². The van der Waals surface area contributed by atoms with Gasteiger partial charge in [-0.25, -0.2) is 0 Å². The van der Waals surface area contributed by atoms with Crippen molar-refractivity contribution in [1.82, 2.24) is 0 Å². The highest BCUT2D eigenvalue weighted by Crippen LogP contribution is 2.08. The van der Waals surface area contributed by atoms with Crippen LogP contribution in [0.3, 0.4) is 0 Å². The molecular weight excluding hydrogens is 196 g/mol. The molecule has 0 spiro atoms. The molecule has 4 heteroatoms. The fourth-order valence-corrected chi connectivity index (χ4v) is 2.57. The fourth-order valence-electron chi connectivity index (χ4n) is 0.954. The van der Waals surface area contributed by atoms with E-state index in [1.165, 1.54) is 6.92 Å². The van der Waals surface area contributed by atoms with Gasteiger partial charge in [0.05, 0.1) is 0 Å². The summed E-state index contributed by atoms with van der Waals surface area (Å²) in [5, 5.41) is 0. The molecule has 0 heterocycles. The molecular formula is C10H21O3Si. The average molecular weight is 217 g/mol. The molecule has 0 bridgehead atoms. The van der Waals surface area contributed by atoms with Crippen LogP contribution in [0.25, 0.3) is 0 Å². The first kappa shape index (κ1) is 13.6. The van der Waals surface area contributed by atoms with Crippen molar-refractivity contribution in [2.75, 3.05) is 6.61 Å². The highest BCUT2D eigenvalue weighted by molar-refractivity contribution is 6.46. The summed E-state index contributed by atoms with van der Waals surface area (Å²) in [6.45, 7) is 8.48. The third-order valence-corrected chi connectivity index (χ3v) is 3.78. The van der Waals surface area contributed by atoms with Gasteiger partial charge in [-0.2, -0.15) is 0 Å². The van der Waals surface area contributed by atoms with Crippen LogP contribution < -0.4 is 0 Å². The Hall–Kier alpha value is -0.353. The first-order chi connectivity index (χ1) is 6.56. The minimum absolute atomic E-state index is 0.226. The van der Waals surface area contributed by atoms with E-state index in [1.54, 1.807) is 0 Å². The summed E-state index contributed by atoms with van der Waals surface area (Å²) in [5.74, 6) is 0.293.